The van der Waals surface area contributed by atoms with Crippen LogP contribution in [0.3, 0.4) is 0 Å². The monoisotopic (exact) mass is 735 g/mol. The molecule has 9 rings (SSSR count). The first-order chi connectivity index (χ1) is 20.6. The SMILES string of the molecule is CC1(C)c2ccccc2-n2c3cccc(n3)c3cccc(n3)n3c4[c-]c(ccc4c4ccccc43)oc3[c-]c2c1cc3.[Pt+2]. The molecule has 0 radical (unpaired) electrons. The van der Waals surface area contributed by atoms with Crippen LogP contribution in [0.2, 0.25) is 0 Å². The molecular weight excluding hydrogens is 712 g/mol. The Balaban J connectivity index is 0.00000278. The summed E-state index contributed by atoms with van der Waals surface area (Å²) in [6.07, 6.45) is 0. The third-order valence-electron chi connectivity index (χ3n) is 8.58. The van der Waals surface area contributed by atoms with Gasteiger partial charge in [-0.3, -0.25) is 0 Å². The van der Waals surface area contributed by atoms with E-state index < -0.39 is 0 Å². The molecule has 1 aliphatic heterocycles. The summed E-state index contributed by atoms with van der Waals surface area (Å²) in [7, 11) is 0. The number of aromatic nitrogens is 4. The fraction of sp³-hybridized carbons (Fsp3) is 0.0811. The van der Waals surface area contributed by atoms with Crippen molar-refractivity contribution in [3.8, 4) is 5.69 Å². The number of hydrogen-bond donors (Lipinski definition) is 0. The molecule has 5 nitrogen and oxygen atoms in total. The first-order valence-corrected chi connectivity index (χ1v) is 14.1. The zero-order valence-electron chi connectivity index (χ0n) is 23.4. The van der Waals surface area contributed by atoms with Crippen LogP contribution in [0.15, 0.2) is 114 Å². The molecule has 6 heteroatoms. The third kappa shape index (κ3) is 3.74. The van der Waals surface area contributed by atoms with E-state index in [1.54, 1.807) is 0 Å². The molecule has 8 bridgehead atoms. The molecule has 0 unspecified atom stereocenters. The van der Waals surface area contributed by atoms with Gasteiger partial charge in [0.05, 0.1) is 11.0 Å². The van der Waals surface area contributed by atoms with E-state index in [1.165, 1.54) is 5.56 Å². The molecule has 208 valence electrons. The minimum atomic E-state index is -0.236. The van der Waals surface area contributed by atoms with Gasteiger partial charge in [-0.05, 0) is 52.8 Å². The van der Waals surface area contributed by atoms with E-state index in [-0.39, 0.29) is 26.5 Å². The van der Waals surface area contributed by atoms with Crippen LogP contribution in [-0.4, -0.2) is 18.9 Å². The zero-order chi connectivity index (χ0) is 28.0. The summed E-state index contributed by atoms with van der Waals surface area (Å²) < 4.78 is 10.8. The molecule has 0 saturated carbocycles. The van der Waals surface area contributed by atoms with E-state index in [0.717, 1.165) is 60.9 Å². The molecule has 0 spiro atoms. The Morgan fingerprint density at radius 3 is 2.12 bits per heavy atom. The van der Waals surface area contributed by atoms with Crippen molar-refractivity contribution < 1.29 is 25.5 Å². The number of para-hydroxylation sites is 2. The van der Waals surface area contributed by atoms with Crippen molar-refractivity contribution in [3.05, 3.63) is 132 Å². The maximum absolute atomic E-state index is 6.50. The Kier molecular flexibility index (Phi) is 5.66. The van der Waals surface area contributed by atoms with Gasteiger partial charge in [-0.2, -0.15) is 12.1 Å². The van der Waals surface area contributed by atoms with Crippen molar-refractivity contribution in [1.29, 1.82) is 0 Å². The summed E-state index contributed by atoms with van der Waals surface area (Å²) in [6.45, 7) is 4.53. The van der Waals surface area contributed by atoms with Gasteiger partial charge in [-0.1, -0.05) is 73.4 Å². The predicted octanol–water partition coefficient (Wildman–Crippen LogP) is 8.80. The fourth-order valence-corrected chi connectivity index (χ4v) is 6.58. The first kappa shape index (κ1) is 25.9. The van der Waals surface area contributed by atoms with Crippen molar-refractivity contribution in [2.45, 2.75) is 19.3 Å². The van der Waals surface area contributed by atoms with E-state index in [2.05, 4.69) is 95.6 Å². The second kappa shape index (κ2) is 9.39. The quantitative estimate of drug-likeness (QED) is 0.146. The molecule has 0 amide bonds. The van der Waals surface area contributed by atoms with Crippen LogP contribution in [0.5, 0.6) is 0 Å². The van der Waals surface area contributed by atoms with Crippen LogP contribution in [0.1, 0.15) is 25.0 Å². The molecule has 43 heavy (non-hydrogen) atoms. The molecule has 0 fully saturated rings. The molecular formula is C37H24N4OPt. The minimum Gasteiger partial charge on any atom is -0.509 e. The van der Waals surface area contributed by atoms with Crippen molar-refractivity contribution in [2.24, 2.45) is 0 Å². The summed E-state index contributed by atoms with van der Waals surface area (Å²) >= 11 is 0. The van der Waals surface area contributed by atoms with Gasteiger partial charge in [-0.15, -0.1) is 35.2 Å². The van der Waals surface area contributed by atoms with Gasteiger partial charge >= 0.3 is 21.1 Å². The maximum atomic E-state index is 6.50. The van der Waals surface area contributed by atoms with Gasteiger partial charge in [0.15, 0.2) is 0 Å². The molecule has 4 aromatic carbocycles. The molecule has 0 N–H and O–H groups in total. The van der Waals surface area contributed by atoms with Crippen LogP contribution in [-0.2, 0) is 26.5 Å². The topological polar surface area (TPSA) is 48.3 Å². The molecule has 0 saturated heterocycles. The average Bonchev–Trinajstić information content (AvgIpc) is 3.35. The van der Waals surface area contributed by atoms with Crippen LogP contribution in [0.4, 0.5) is 0 Å². The van der Waals surface area contributed by atoms with Crippen molar-refractivity contribution in [1.82, 2.24) is 18.9 Å². The standard InChI is InChI=1S/C37H24N4O.Pt/c1-37(2)27-10-4-6-14-32(27)41-34-22-24(18-20-28(34)37)42-23-17-19-26-25-9-3-5-13-31(25)40(33(26)21-23)35-15-7-11-29(38-35)30-12-8-16-36(41)39-30;/h3-20H,1-2H3;/q-2;+2. The normalized spacial score (nSPS) is 13.3. The number of hydrogen-bond acceptors (Lipinski definition) is 3. The molecule has 5 heterocycles. The average molecular weight is 736 g/mol. The van der Waals surface area contributed by atoms with Gasteiger partial charge < -0.3 is 13.4 Å². The molecule has 8 aromatic rings. The number of rotatable bonds is 0. The summed E-state index contributed by atoms with van der Waals surface area (Å²) in [5.74, 6) is 0. The Bertz CT molecular complexity index is 2520. The van der Waals surface area contributed by atoms with E-state index in [1.807, 2.05) is 48.5 Å². The number of pyridine rings is 2. The van der Waals surface area contributed by atoms with E-state index in [9.17, 15) is 0 Å². The van der Waals surface area contributed by atoms with Crippen LogP contribution in [0.25, 0.3) is 66.5 Å². The number of nitrogens with zero attached hydrogens (tertiary/aromatic N) is 4. The largest absolute Gasteiger partial charge is 2.00 e. The van der Waals surface area contributed by atoms with E-state index >= 15 is 0 Å². The Hall–Kier alpha value is -4.73. The van der Waals surface area contributed by atoms with Gasteiger partial charge in [0.25, 0.3) is 0 Å². The van der Waals surface area contributed by atoms with Crippen molar-refractivity contribution >= 4 is 60.8 Å². The van der Waals surface area contributed by atoms with Gasteiger partial charge in [0.2, 0.25) is 0 Å². The second-order valence-electron chi connectivity index (χ2n) is 11.4. The van der Waals surface area contributed by atoms with Gasteiger partial charge in [0, 0.05) is 22.4 Å². The summed E-state index contributed by atoms with van der Waals surface area (Å²) in [5.41, 5.74) is 10.6. The smallest absolute Gasteiger partial charge is 0.509 e. The third-order valence-corrected chi connectivity index (χ3v) is 8.58. The Morgan fingerprint density at radius 2 is 1.28 bits per heavy atom. The minimum absolute atomic E-state index is 0. The zero-order valence-corrected chi connectivity index (χ0v) is 25.7. The number of benzene rings is 4. The molecule has 0 atom stereocenters. The first-order valence-electron chi connectivity index (χ1n) is 14.1. The van der Waals surface area contributed by atoms with Gasteiger partial charge in [0.1, 0.15) is 11.3 Å². The van der Waals surface area contributed by atoms with Gasteiger partial charge in [-0.25, -0.2) is 9.97 Å². The molecule has 4 aromatic heterocycles. The second-order valence-corrected chi connectivity index (χ2v) is 11.4. The Morgan fingerprint density at radius 1 is 0.605 bits per heavy atom. The van der Waals surface area contributed by atoms with Crippen LogP contribution >= 0.6 is 0 Å². The summed E-state index contributed by atoms with van der Waals surface area (Å²) in [5, 5.41) is 2.23. The predicted molar refractivity (Wildman–Crippen MR) is 168 cm³/mol. The van der Waals surface area contributed by atoms with Crippen molar-refractivity contribution in [3.63, 3.8) is 0 Å². The summed E-state index contributed by atoms with van der Waals surface area (Å²) in [4.78, 5) is 10.3. The van der Waals surface area contributed by atoms with Crippen molar-refractivity contribution in [2.75, 3.05) is 0 Å². The van der Waals surface area contributed by atoms with Crippen LogP contribution in [0, 0.1) is 12.1 Å². The maximum Gasteiger partial charge on any atom is 2.00 e. The fourth-order valence-electron chi connectivity index (χ4n) is 6.58. The van der Waals surface area contributed by atoms with Crippen LogP contribution < -0.4 is 0 Å². The summed E-state index contributed by atoms with van der Waals surface area (Å²) in [6, 6.07) is 44.6. The van der Waals surface area contributed by atoms with E-state index in [4.69, 9.17) is 14.4 Å². The molecule has 1 aliphatic rings. The molecule has 0 aliphatic carbocycles. The number of fused-ring (bicyclic) bond motifs is 14. The Labute approximate surface area is 261 Å². The van der Waals surface area contributed by atoms with E-state index in [0.29, 0.717) is 11.2 Å².